The van der Waals surface area contributed by atoms with E-state index in [1.165, 1.54) is 0 Å². The molecule has 32 valence electrons. The summed E-state index contributed by atoms with van der Waals surface area (Å²) in [5.41, 5.74) is 8.74. The minimum atomic E-state index is 0.412. The lowest BCUT2D eigenvalue weighted by atomic mass is 10.4. The molecule has 0 saturated carbocycles. The molecule has 0 amide bonds. The average Bonchev–Trinajstić information content (AvgIpc) is 1.38. The quantitative estimate of drug-likeness (QED) is 0.394. The third-order valence-electron chi connectivity index (χ3n) is 0.402. The Morgan fingerprint density at radius 3 is 2.20 bits per heavy atom. The highest BCUT2D eigenvalue weighted by atomic mass is 14.7. The monoisotopic (exact) mass is 75.1 g/mol. The van der Waals surface area contributed by atoms with Gasteiger partial charge >= 0.3 is 0 Å². The topological polar surface area (TPSA) is 53.7 Å². The smallest absolute Gasteiger partial charge is 0.0939 e. The van der Waals surface area contributed by atoms with E-state index in [0.717, 1.165) is 0 Å². The van der Waals surface area contributed by atoms with Gasteiger partial charge in [0.2, 0.25) is 0 Å². The molecule has 0 bridgehead atoms. The van der Waals surface area contributed by atoms with Crippen LogP contribution in [0, 0.1) is 0 Å². The van der Waals surface area contributed by atoms with Crippen LogP contribution in [0.2, 0.25) is 0 Å². The second kappa shape index (κ2) is 2.18. The highest BCUT2D eigenvalue weighted by Gasteiger charge is 1.84. The van der Waals surface area contributed by atoms with Crippen LogP contribution in [-0.2, 0) is 0 Å². The molecule has 0 radical (unpaired) electrons. The maximum absolute atomic E-state index is 5.11. The number of hydrogen-bond donors (Lipinski definition) is 2. The van der Waals surface area contributed by atoms with Crippen LogP contribution in [0.3, 0.4) is 0 Å². The van der Waals surface area contributed by atoms with E-state index in [9.17, 15) is 0 Å². The highest BCUT2D eigenvalue weighted by Crippen LogP contribution is 1.54. The second-order valence-corrected chi connectivity index (χ2v) is 1.34. The minimum Gasteiger partial charge on any atom is -0.354 e. The van der Waals surface area contributed by atoms with Crippen LogP contribution >= 0.6 is 0 Å². The third-order valence-corrected chi connectivity index (χ3v) is 0.402. The largest absolute Gasteiger partial charge is 0.354 e. The molecule has 2 nitrogen and oxygen atoms in total. The summed E-state index contributed by atoms with van der Waals surface area (Å²) in [5.74, 6) is 0. The molecule has 1 atom stereocenters. The summed E-state index contributed by atoms with van der Waals surface area (Å²) in [7, 11) is 0. The van der Waals surface area contributed by atoms with Crippen LogP contribution in [0.5, 0.6) is 0 Å². The fraction of sp³-hybridized carbons (Fsp3) is 1.00. The van der Waals surface area contributed by atoms with Gasteiger partial charge in [0.1, 0.15) is 0 Å². The van der Waals surface area contributed by atoms with Crippen molar-refractivity contribution in [2.45, 2.75) is 13.0 Å². The fourth-order valence-corrected chi connectivity index (χ4v) is 0. The van der Waals surface area contributed by atoms with Gasteiger partial charge in [-0.05, 0) is 6.92 Å². The first kappa shape index (κ1) is 4.92. The first-order valence-corrected chi connectivity index (χ1v) is 1.80. The van der Waals surface area contributed by atoms with Crippen LogP contribution in [0.15, 0.2) is 0 Å². The second-order valence-electron chi connectivity index (χ2n) is 1.34. The van der Waals surface area contributed by atoms with Crippen LogP contribution < -0.4 is 11.5 Å². The zero-order chi connectivity index (χ0) is 4.28. The molecule has 0 heterocycles. The Labute approximate surface area is 32.1 Å². The van der Waals surface area contributed by atoms with E-state index in [2.05, 4.69) is 5.73 Å². The molecule has 0 saturated heterocycles. The molecule has 0 aliphatic heterocycles. The SMILES string of the molecule is CC([NH3+])CN. The maximum Gasteiger partial charge on any atom is 0.0939 e. The molecule has 1 unspecified atom stereocenters. The van der Waals surface area contributed by atoms with Crippen molar-refractivity contribution in [3.8, 4) is 0 Å². The summed E-state index contributed by atoms with van der Waals surface area (Å²) in [5, 5.41) is 0. The van der Waals surface area contributed by atoms with Crippen LogP contribution in [0.25, 0.3) is 0 Å². The van der Waals surface area contributed by atoms with E-state index in [0.29, 0.717) is 12.6 Å². The summed E-state index contributed by atoms with van der Waals surface area (Å²) < 4.78 is 0. The molecule has 0 aromatic heterocycles. The van der Waals surface area contributed by atoms with Crippen molar-refractivity contribution in [3.05, 3.63) is 0 Å². The van der Waals surface area contributed by atoms with E-state index < -0.39 is 0 Å². The normalized spacial score (nSPS) is 15.0. The summed E-state index contributed by atoms with van der Waals surface area (Å²) in [6.07, 6.45) is 0. The Bertz CT molecular complexity index is 18.9. The zero-order valence-corrected chi connectivity index (χ0v) is 3.57. The van der Waals surface area contributed by atoms with Crippen LogP contribution in [0.1, 0.15) is 6.92 Å². The maximum atomic E-state index is 5.11. The summed E-state index contributed by atoms with van der Waals surface area (Å²) >= 11 is 0. The van der Waals surface area contributed by atoms with Crippen molar-refractivity contribution in [1.29, 1.82) is 0 Å². The van der Waals surface area contributed by atoms with Gasteiger partial charge in [0.05, 0.1) is 6.04 Å². The van der Waals surface area contributed by atoms with Gasteiger partial charge < -0.3 is 11.5 Å². The Balaban J connectivity index is 2.54. The van der Waals surface area contributed by atoms with E-state index in [4.69, 9.17) is 5.73 Å². The summed E-state index contributed by atoms with van der Waals surface area (Å²) in [6, 6.07) is 0.412. The van der Waals surface area contributed by atoms with Gasteiger partial charge in [-0.15, -0.1) is 0 Å². The molecule has 0 spiro atoms. The van der Waals surface area contributed by atoms with Crippen molar-refractivity contribution in [1.82, 2.24) is 0 Å². The molecule has 5 N–H and O–H groups in total. The number of hydrogen-bond acceptors (Lipinski definition) is 1. The molecule has 0 aromatic rings. The molecular weight excluding hydrogens is 64.0 g/mol. The molecule has 0 aromatic carbocycles. The van der Waals surface area contributed by atoms with Gasteiger partial charge in [0, 0.05) is 6.54 Å². The number of rotatable bonds is 1. The van der Waals surface area contributed by atoms with Gasteiger partial charge in [0.25, 0.3) is 0 Å². The average molecular weight is 75.1 g/mol. The van der Waals surface area contributed by atoms with Crippen LogP contribution in [-0.4, -0.2) is 12.6 Å². The van der Waals surface area contributed by atoms with Crippen LogP contribution in [0.4, 0.5) is 0 Å². The van der Waals surface area contributed by atoms with Crippen molar-refractivity contribution in [3.63, 3.8) is 0 Å². The zero-order valence-electron chi connectivity index (χ0n) is 3.57. The number of nitrogens with two attached hydrogens (primary N) is 1. The van der Waals surface area contributed by atoms with Gasteiger partial charge in [-0.3, -0.25) is 0 Å². The van der Waals surface area contributed by atoms with Crippen molar-refractivity contribution in [2.75, 3.05) is 6.54 Å². The minimum absolute atomic E-state index is 0.412. The van der Waals surface area contributed by atoms with E-state index in [-0.39, 0.29) is 0 Å². The lowest BCUT2D eigenvalue weighted by Gasteiger charge is -1.88. The Morgan fingerprint density at radius 1 is 2.00 bits per heavy atom. The molecule has 0 aliphatic carbocycles. The first-order chi connectivity index (χ1) is 2.27. The predicted molar refractivity (Wildman–Crippen MR) is 21.4 cm³/mol. The molecule has 0 rings (SSSR count). The van der Waals surface area contributed by atoms with Gasteiger partial charge in [-0.25, -0.2) is 0 Å². The van der Waals surface area contributed by atoms with E-state index in [1.54, 1.807) is 0 Å². The Morgan fingerprint density at radius 2 is 2.20 bits per heavy atom. The lowest BCUT2D eigenvalue weighted by Crippen LogP contribution is -2.62. The highest BCUT2D eigenvalue weighted by molar-refractivity contribution is 4.37. The number of quaternary nitrogens is 1. The van der Waals surface area contributed by atoms with Gasteiger partial charge in [-0.2, -0.15) is 0 Å². The standard InChI is InChI=1S/C3H10N2/c1-3(5)2-4/h3H,2,4-5H2,1H3/p+1. The van der Waals surface area contributed by atoms with E-state index in [1.807, 2.05) is 6.92 Å². The molecular formula is C3H11N2+. The Kier molecular flexibility index (Phi) is 2.14. The van der Waals surface area contributed by atoms with E-state index >= 15 is 0 Å². The molecule has 0 aliphatic rings. The van der Waals surface area contributed by atoms with Crippen molar-refractivity contribution >= 4 is 0 Å². The van der Waals surface area contributed by atoms with Gasteiger partial charge in [0.15, 0.2) is 0 Å². The predicted octanol–water partition coefficient (Wildman–Crippen LogP) is -1.42. The molecule has 2 heteroatoms. The van der Waals surface area contributed by atoms with Gasteiger partial charge in [-0.1, -0.05) is 0 Å². The van der Waals surface area contributed by atoms with Crippen molar-refractivity contribution in [2.24, 2.45) is 5.73 Å². The molecule has 0 fully saturated rings. The first-order valence-electron chi connectivity index (χ1n) is 1.80. The van der Waals surface area contributed by atoms with Crippen molar-refractivity contribution < 1.29 is 5.73 Å². The Hall–Kier alpha value is -0.0800. The summed E-state index contributed by atoms with van der Waals surface area (Å²) in [4.78, 5) is 0. The summed E-state index contributed by atoms with van der Waals surface area (Å²) in [6.45, 7) is 2.68. The third kappa shape index (κ3) is 3.92. The fourth-order valence-electron chi connectivity index (χ4n) is 0. The lowest BCUT2D eigenvalue weighted by molar-refractivity contribution is -0.410. The molecule has 5 heavy (non-hydrogen) atoms.